The maximum absolute atomic E-state index is 12.8. The van der Waals surface area contributed by atoms with Gasteiger partial charge in [0.25, 0.3) is 0 Å². The van der Waals surface area contributed by atoms with Crippen molar-refractivity contribution in [1.82, 2.24) is 9.97 Å². The first-order valence-electron chi connectivity index (χ1n) is 11.5. The first-order chi connectivity index (χ1) is 17.0. The van der Waals surface area contributed by atoms with E-state index in [4.69, 9.17) is 9.15 Å². The Balaban J connectivity index is 1.69. The highest BCUT2D eigenvalue weighted by Crippen LogP contribution is 2.32. The maximum Gasteiger partial charge on any atom is 0.338 e. The zero-order valence-corrected chi connectivity index (χ0v) is 19.8. The third-order valence-corrected chi connectivity index (χ3v) is 5.80. The Bertz CT molecular complexity index is 1360. The van der Waals surface area contributed by atoms with Gasteiger partial charge in [-0.25, -0.2) is 4.79 Å². The Kier molecular flexibility index (Phi) is 7.53. The molecule has 0 saturated heterocycles. The molecular formula is C29H28N2O4. The van der Waals surface area contributed by atoms with Crippen molar-refractivity contribution in [1.29, 1.82) is 0 Å². The van der Waals surface area contributed by atoms with Crippen LogP contribution in [0.3, 0.4) is 0 Å². The summed E-state index contributed by atoms with van der Waals surface area (Å²) in [6.07, 6.45) is 6.60. The molecule has 3 aromatic heterocycles. The smallest absolute Gasteiger partial charge is 0.338 e. The van der Waals surface area contributed by atoms with E-state index in [1.807, 2.05) is 36.5 Å². The number of para-hydroxylation sites is 1. The first kappa shape index (κ1) is 24.1. The molecule has 0 aliphatic heterocycles. The molecule has 6 nitrogen and oxygen atoms in total. The minimum absolute atomic E-state index is 0.204. The second-order valence-electron chi connectivity index (χ2n) is 8.54. The molecule has 1 N–H and O–H groups in total. The van der Waals surface area contributed by atoms with Crippen LogP contribution < -0.4 is 0 Å². The lowest BCUT2D eigenvalue weighted by atomic mass is 9.90. The van der Waals surface area contributed by atoms with E-state index in [-0.39, 0.29) is 12.5 Å². The van der Waals surface area contributed by atoms with Gasteiger partial charge in [-0.15, -0.1) is 0 Å². The van der Waals surface area contributed by atoms with Gasteiger partial charge in [-0.05, 0) is 53.5 Å². The molecular weight excluding hydrogens is 440 g/mol. The number of hydrogen-bond acceptors (Lipinski definition) is 6. The summed E-state index contributed by atoms with van der Waals surface area (Å²) in [6.45, 7) is 8.26. The zero-order valence-electron chi connectivity index (χ0n) is 19.8. The van der Waals surface area contributed by atoms with Crippen molar-refractivity contribution in [2.24, 2.45) is 5.92 Å². The highest BCUT2D eigenvalue weighted by atomic mass is 16.6. The minimum Gasteiger partial charge on any atom is -0.460 e. The molecule has 3 heterocycles. The molecule has 4 aromatic rings. The number of fused-ring (bicyclic) bond motifs is 1. The highest BCUT2D eigenvalue weighted by molar-refractivity contribution is 5.89. The molecule has 6 heteroatoms. The van der Waals surface area contributed by atoms with Gasteiger partial charge in [0.15, 0.2) is 6.10 Å². The number of rotatable bonds is 9. The van der Waals surface area contributed by atoms with Crippen LogP contribution >= 0.6 is 0 Å². The molecule has 0 radical (unpaired) electrons. The van der Waals surface area contributed by atoms with E-state index in [2.05, 4.69) is 36.5 Å². The Morgan fingerprint density at radius 1 is 1.11 bits per heavy atom. The van der Waals surface area contributed by atoms with Crippen molar-refractivity contribution in [2.45, 2.75) is 33.0 Å². The van der Waals surface area contributed by atoms with E-state index in [1.54, 1.807) is 36.7 Å². The molecule has 0 aliphatic carbocycles. The van der Waals surface area contributed by atoms with Gasteiger partial charge in [-0.3, -0.25) is 9.97 Å². The van der Waals surface area contributed by atoms with Crippen LogP contribution in [0.1, 0.15) is 53.8 Å². The Morgan fingerprint density at radius 2 is 1.89 bits per heavy atom. The van der Waals surface area contributed by atoms with E-state index in [9.17, 15) is 9.90 Å². The quantitative estimate of drug-likeness (QED) is 0.229. The molecule has 0 spiro atoms. The fourth-order valence-electron chi connectivity index (χ4n) is 3.75. The largest absolute Gasteiger partial charge is 0.460 e. The summed E-state index contributed by atoms with van der Waals surface area (Å²) < 4.78 is 11.6. The molecule has 0 bridgehead atoms. The number of nitrogens with zero attached hydrogens (tertiary/aromatic N) is 2. The van der Waals surface area contributed by atoms with Crippen molar-refractivity contribution in [3.05, 3.63) is 114 Å². The fraction of sp³-hybridized carbons (Fsp3) is 0.207. The molecule has 1 aromatic carbocycles. The van der Waals surface area contributed by atoms with Crippen LogP contribution in [0.2, 0.25) is 0 Å². The fourth-order valence-corrected chi connectivity index (χ4v) is 3.75. The average molecular weight is 469 g/mol. The van der Waals surface area contributed by atoms with E-state index in [0.29, 0.717) is 23.5 Å². The number of aromatic nitrogens is 2. The number of allylic oxidation sites excluding steroid dienone is 2. The molecule has 0 fully saturated rings. The molecule has 35 heavy (non-hydrogen) atoms. The lowest BCUT2D eigenvalue weighted by Gasteiger charge is -2.18. The van der Waals surface area contributed by atoms with Crippen LogP contribution in [0.4, 0.5) is 0 Å². The molecule has 0 amide bonds. The predicted octanol–water partition coefficient (Wildman–Crippen LogP) is 6.30. The number of benzene rings is 1. The normalized spacial score (nSPS) is 12.6. The maximum atomic E-state index is 12.8. The number of pyridine rings is 2. The Morgan fingerprint density at radius 3 is 2.60 bits per heavy atom. The van der Waals surface area contributed by atoms with Crippen molar-refractivity contribution in [3.8, 4) is 0 Å². The number of ether oxygens (including phenoxy) is 1. The van der Waals surface area contributed by atoms with Crippen molar-refractivity contribution >= 4 is 22.4 Å². The Labute approximate surface area is 204 Å². The van der Waals surface area contributed by atoms with Gasteiger partial charge >= 0.3 is 5.97 Å². The third kappa shape index (κ3) is 5.73. The Hall–Kier alpha value is -4.03. The van der Waals surface area contributed by atoms with Gasteiger partial charge in [0.05, 0.1) is 11.1 Å². The lowest BCUT2D eigenvalue weighted by molar-refractivity contribution is 0.0246. The number of furan rings is 1. The van der Waals surface area contributed by atoms with Gasteiger partial charge in [0.1, 0.15) is 18.1 Å². The van der Waals surface area contributed by atoms with Crippen LogP contribution in [0.25, 0.3) is 16.5 Å². The summed E-state index contributed by atoms with van der Waals surface area (Å²) in [5, 5.41) is 10.5. The zero-order chi connectivity index (χ0) is 24.8. The standard InChI is InChI=1S/C29H28N2O4/c1-19(2)20(3)25(23-16-22-6-4-5-7-26(22)31-17-23)9-11-28(27-10-8-24(18-32)34-27)35-29(33)21-12-14-30-15-13-21/h4-10,12-17,19,28,32H,3,11,18H2,1-2H3/b25-9-/t28-/m0/s1. The lowest BCUT2D eigenvalue weighted by Crippen LogP contribution is -2.11. The summed E-state index contributed by atoms with van der Waals surface area (Å²) in [7, 11) is 0. The molecule has 4 rings (SSSR count). The van der Waals surface area contributed by atoms with Crippen molar-refractivity contribution in [3.63, 3.8) is 0 Å². The van der Waals surface area contributed by atoms with Crippen LogP contribution in [0.5, 0.6) is 0 Å². The summed E-state index contributed by atoms with van der Waals surface area (Å²) in [5.41, 5.74) is 4.15. The van der Waals surface area contributed by atoms with E-state index >= 15 is 0 Å². The highest BCUT2D eigenvalue weighted by Gasteiger charge is 2.22. The second kappa shape index (κ2) is 10.9. The minimum atomic E-state index is -0.695. The van der Waals surface area contributed by atoms with Crippen LogP contribution in [-0.4, -0.2) is 21.0 Å². The van der Waals surface area contributed by atoms with E-state index in [0.717, 1.165) is 27.6 Å². The van der Waals surface area contributed by atoms with Crippen molar-refractivity contribution in [2.75, 3.05) is 0 Å². The van der Waals surface area contributed by atoms with Crippen LogP contribution in [0, 0.1) is 5.92 Å². The summed E-state index contributed by atoms with van der Waals surface area (Å²) >= 11 is 0. The van der Waals surface area contributed by atoms with Crippen LogP contribution in [-0.2, 0) is 11.3 Å². The topological polar surface area (TPSA) is 85.5 Å². The number of esters is 1. The second-order valence-corrected chi connectivity index (χ2v) is 8.54. The molecule has 0 saturated carbocycles. The van der Waals surface area contributed by atoms with Crippen molar-refractivity contribution < 1.29 is 19.1 Å². The number of carbonyl (C=O) groups is 1. The monoisotopic (exact) mass is 468 g/mol. The SMILES string of the molecule is C=C(/C(=C/C[C@H](OC(=O)c1ccncc1)c1ccc(CO)o1)c1cnc2ccccc2c1)C(C)C. The summed E-state index contributed by atoms with van der Waals surface area (Å²) in [6, 6.07) is 16.6. The third-order valence-electron chi connectivity index (χ3n) is 5.80. The van der Waals surface area contributed by atoms with Gasteiger partial charge in [0, 0.05) is 36.0 Å². The molecule has 178 valence electrons. The van der Waals surface area contributed by atoms with Gasteiger partial charge in [0.2, 0.25) is 0 Å². The van der Waals surface area contributed by atoms with E-state index in [1.165, 1.54) is 0 Å². The molecule has 0 unspecified atom stereocenters. The molecule has 0 aliphatic rings. The number of aliphatic hydroxyl groups excluding tert-OH is 1. The molecule has 1 atom stereocenters. The van der Waals surface area contributed by atoms with E-state index < -0.39 is 12.1 Å². The number of hydrogen-bond donors (Lipinski definition) is 1. The first-order valence-corrected chi connectivity index (χ1v) is 11.5. The number of aliphatic hydroxyl groups is 1. The summed E-state index contributed by atoms with van der Waals surface area (Å²) in [5.74, 6) is 0.581. The van der Waals surface area contributed by atoms with Gasteiger partial charge in [-0.2, -0.15) is 0 Å². The van der Waals surface area contributed by atoms with Gasteiger partial charge in [-0.1, -0.05) is 44.7 Å². The summed E-state index contributed by atoms with van der Waals surface area (Å²) in [4.78, 5) is 21.4. The van der Waals surface area contributed by atoms with Gasteiger partial charge < -0.3 is 14.3 Å². The van der Waals surface area contributed by atoms with Crippen LogP contribution in [0.15, 0.2) is 95.8 Å². The predicted molar refractivity (Wildman–Crippen MR) is 135 cm³/mol. The number of carbonyl (C=O) groups excluding carboxylic acids is 1. The average Bonchev–Trinajstić information content (AvgIpc) is 3.37.